The Bertz CT molecular complexity index is 100. The molecule has 0 atom stereocenters. The first-order valence-corrected chi connectivity index (χ1v) is 4.81. The van der Waals surface area contributed by atoms with Crippen LogP contribution in [0.4, 0.5) is 0 Å². The molecule has 0 aliphatic heterocycles. The molecule has 0 amide bonds. The summed E-state index contributed by atoms with van der Waals surface area (Å²) in [5, 5.41) is 0. The van der Waals surface area contributed by atoms with Crippen molar-refractivity contribution in [3.05, 3.63) is 24.3 Å². The van der Waals surface area contributed by atoms with Crippen LogP contribution in [0, 0.1) is 0 Å². The highest BCUT2D eigenvalue weighted by Gasteiger charge is 1.74. The molecule has 0 unspecified atom stereocenters. The smallest absolute Gasteiger partial charge is 0.0258 e. The summed E-state index contributed by atoms with van der Waals surface area (Å²) in [4.78, 5) is 0. The lowest BCUT2D eigenvalue weighted by Crippen LogP contribution is -1.66. The fraction of sp³-hybridized carbons (Fsp3) is 0.600. The molecule has 0 radical (unpaired) electrons. The van der Waals surface area contributed by atoms with Gasteiger partial charge in [-0.1, -0.05) is 37.6 Å². The number of halogens is 1. The Morgan fingerprint density at radius 1 is 1.00 bits per heavy atom. The highest BCUT2D eigenvalue weighted by molar-refractivity contribution is 6.17. The molecule has 0 saturated heterocycles. The van der Waals surface area contributed by atoms with Crippen LogP contribution in [-0.4, -0.2) is 5.88 Å². The van der Waals surface area contributed by atoms with Crippen LogP contribution in [0.5, 0.6) is 0 Å². The van der Waals surface area contributed by atoms with Gasteiger partial charge in [-0.15, -0.1) is 11.6 Å². The highest BCUT2D eigenvalue weighted by Crippen LogP contribution is 1.94. The largest absolute Gasteiger partial charge is 0.126 e. The van der Waals surface area contributed by atoms with Crippen molar-refractivity contribution in [1.29, 1.82) is 0 Å². The van der Waals surface area contributed by atoms with Crippen LogP contribution in [0.2, 0.25) is 0 Å². The first-order valence-electron chi connectivity index (χ1n) is 4.27. The number of hydrogen-bond donors (Lipinski definition) is 0. The Morgan fingerprint density at radius 2 is 1.64 bits per heavy atom. The van der Waals surface area contributed by atoms with E-state index in [4.69, 9.17) is 11.6 Å². The summed E-state index contributed by atoms with van der Waals surface area (Å²) in [5.41, 5.74) is 0. The van der Waals surface area contributed by atoms with Gasteiger partial charge in [0.2, 0.25) is 0 Å². The maximum atomic E-state index is 5.49. The van der Waals surface area contributed by atoms with Crippen molar-refractivity contribution in [3.63, 3.8) is 0 Å². The Morgan fingerprint density at radius 3 is 2.18 bits per heavy atom. The van der Waals surface area contributed by atoms with E-state index < -0.39 is 0 Å². The molecule has 0 aromatic heterocycles. The molecule has 11 heavy (non-hydrogen) atoms. The van der Waals surface area contributed by atoms with Gasteiger partial charge in [0.1, 0.15) is 0 Å². The second-order valence-corrected chi connectivity index (χ2v) is 2.82. The van der Waals surface area contributed by atoms with Gasteiger partial charge >= 0.3 is 0 Å². The van der Waals surface area contributed by atoms with Crippen molar-refractivity contribution < 1.29 is 0 Å². The third-order valence-electron chi connectivity index (χ3n) is 1.34. The first-order chi connectivity index (χ1) is 5.41. The average molecular weight is 173 g/mol. The van der Waals surface area contributed by atoms with Crippen LogP contribution in [-0.2, 0) is 0 Å². The summed E-state index contributed by atoms with van der Waals surface area (Å²) in [7, 11) is 0. The fourth-order valence-corrected chi connectivity index (χ4v) is 0.862. The predicted molar refractivity (Wildman–Crippen MR) is 53.1 cm³/mol. The molecule has 0 N–H and O–H groups in total. The van der Waals surface area contributed by atoms with E-state index in [9.17, 15) is 0 Å². The SMILES string of the molecule is CCCC=CCC=CCCCl. The summed E-state index contributed by atoms with van der Waals surface area (Å²) >= 11 is 5.49. The second kappa shape index (κ2) is 9.77. The quantitative estimate of drug-likeness (QED) is 0.421. The molecule has 0 heterocycles. The zero-order valence-electron chi connectivity index (χ0n) is 7.22. The normalized spacial score (nSPS) is 11.8. The minimum atomic E-state index is 0.731. The van der Waals surface area contributed by atoms with Gasteiger partial charge in [-0.2, -0.15) is 0 Å². The van der Waals surface area contributed by atoms with E-state index in [0.717, 1.165) is 18.7 Å². The molecule has 1 heteroatoms. The van der Waals surface area contributed by atoms with Gasteiger partial charge < -0.3 is 0 Å². The van der Waals surface area contributed by atoms with E-state index in [0.29, 0.717) is 0 Å². The molecule has 0 fully saturated rings. The third-order valence-corrected chi connectivity index (χ3v) is 1.55. The van der Waals surface area contributed by atoms with Crippen LogP contribution in [0.1, 0.15) is 32.6 Å². The van der Waals surface area contributed by atoms with Gasteiger partial charge in [0.05, 0.1) is 0 Å². The van der Waals surface area contributed by atoms with Crippen LogP contribution < -0.4 is 0 Å². The maximum Gasteiger partial charge on any atom is 0.0258 e. The van der Waals surface area contributed by atoms with Crippen LogP contribution in [0.15, 0.2) is 24.3 Å². The Labute approximate surface area is 74.9 Å². The number of hydrogen-bond acceptors (Lipinski definition) is 0. The second-order valence-electron chi connectivity index (χ2n) is 2.44. The lowest BCUT2D eigenvalue weighted by Gasteiger charge is -1.84. The Hall–Kier alpha value is -0.230. The van der Waals surface area contributed by atoms with Gasteiger partial charge in [0.15, 0.2) is 0 Å². The van der Waals surface area contributed by atoms with Gasteiger partial charge in [-0.3, -0.25) is 0 Å². The van der Waals surface area contributed by atoms with Crippen molar-refractivity contribution in [1.82, 2.24) is 0 Å². The zero-order valence-corrected chi connectivity index (χ0v) is 7.98. The molecule has 0 aliphatic carbocycles. The molecule has 0 aliphatic rings. The van der Waals surface area contributed by atoms with E-state index in [1.807, 2.05) is 0 Å². The lowest BCUT2D eigenvalue weighted by molar-refractivity contribution is 0.954. The topological polar surface area (TPSA) is 0 Å². The van der Waals surface area contributed by atoms with Gasteiger partial charge in [0.25, 0.3) is 0 Å². The predicted octanol–water partition coefficient (Wildman–Crippen LogP) is 3.92. The Balaban J connectivity index is 3.11. The summed E-state index contributed by atoms with van der Waals surface area (Å²) < 4.78 is 0. The van der Waals surface area contributed by atoms with Gasteiger partial charge in [-0.25, -0.2) is 0 Å². The van der Waals surface area contributed by atoms with Crippen LogP contribution >= 0.6 is 11.6 Å². The standard InChI is InChI=1S/C10H17Cl/c1-2-3-4-5-6-7-8-9-10-11/h4-5,7-8H,2-3,6,9-10H2,1H3. The van der Waals surface area contributed by atoms with Crippen molar-refractivity contribution in [2.75, 3.05) is 5.88 Å². The van der Waals surface area contributed by atoms with Crippen molar-refractivity contribution in [3.8, 4) is 0 Å². The third kappa shape index (κ3) is 9.77. The summed E-state index contributed by atoms with van der Waals surface area (Å²) in [5.74, 6) is 0.731. The van der Waals surface area contributed by atoms with E-state index in [1.54, 1.807) is 0 Å². The average Bonchev–Trinajstić information content (AvgIpc) is 2.03. The summed E-state index contributed by atoms with van der Waals surface area (Å²) in [6, 6.07) is 0. The number of unbranched alkanes of at least 4 members (excludes halogenated alkanes) is 1. The van der Waals surface area contributed by atoms with Crippen molar-refractivity contribution in [2.24, 2.45) is 0 Å². The number of rotatable bonds is 6. The zero-order chi connectivity index (χ0) is 8.36. The molecule has 0 saturated carbocycles. The van der Waals surface area contributed by atoms with E-state index in [-0.39, 0.29) is 0 Å². The minimum Gasteiger partial charge on any atom is -0.126 e. The van der Waals surface area contributed by atoms with Crippen LogP contribution in [0.25, 0.3) is 0 Å². The van der Waals surface area contributed by atoms with E-state index >= 15 is 0 Å². The first kappa shape index (κ1) is 10.8. The van der Waals surface area contributed by atoms with Gasteiger partial charge in [0, 0.05) is 5.88 Å². The molecule has 0 aromatic carbocycles. The highest BCUT2D eigenvalue weighted by atomic mass is 35.5. The lowest BCUT2D eigenvalue weighted by atomic mass is 10.2. The number of alkyl halides is 1. The summed E-state index contributed by atoms with van der Waals surface area (Å²) in [6.45, 7) is 2.19. The van der Waals surface area contributed by atoms with Crippen molar-refractivity contribution >= 4 is 11.6 Å². The molecule has 0 aromatic rings. The van der Waals surface area contributed by atoms with Crippen molar-refractivity contribution in [2.45, 2.75) is 32.6 Å². The monoisotopic (exact) mass is 172 g/mol. The molecule has 64 valence electrons. The number of allylic oxidation sites excluding steroid dienone is 4. The molecule has 0 rings (SSSR count). The Kier molecular flexibility index (Phi) is 9.57. The molecule has 0 spiro atoms. The maximum absolute atomic E-state index is 5.49. The molecular weight excluding hydrogens is 156 g/mol. The van der Waals surface area contributed by atoms with E-state index in [1.165, 1.54) is 12.8 Å². The molecular formula is C10H17Cl. The summed E-state index contributed by atoms with van der Waals surface area (Å²) in [6.07, 6.45) is 13.2. The molecule has 0 bridgehead atoms. The molecule has 0 nitrogen and oxygen atoms in total. The van der Waals surface area contributed by atoms with Crippen LogP contribution in [0.3, 0.4) is 0 Å². The fourth-order valence-electron chi connectivity index (χ4n) is 0.736. The van der Waals surface area contributed by atoms with E-state index in [2.05, 4.69) is 31.2 Å². The van der Waals surface area contributed by atoms with Gasteiger partial charge in [-0.05, 0) is 19.3 Å². The minimum absolute atomic E-state index is 0.731.